The molecule has 0 bridgehead atoms. The van der Waals surface area contributed by atoms with E-state index in [-0.39, 0.29) is 11.9 Å². The molecule has 1 amide bonds. The van der Waals surface area contributed by atoms with E-state index in [1.165, 1.54) is 5.56 Å². The number of nitrogens with one attached hydrogen (secondary N) is 1. The largest absolute Gasteiger partial charge is 0.337 e. The van der Waals surface area contributed by atoms with Crippen LogP contribution in [0.2, 0.25) is 0 Å². The second kappa shape index (κ2) is 8.72. The third-order valence-electron chi connectivity index (χ3n) is 5.23. The van der Waals surface area contributed by atoms with Gasteiger partial charge >= 0.3 is 0 Å². The van der Waals surface area contributed by atoms with Crippen LogP contribution in [-0.4, -0.2) is 32.9 Å². The van der Waals surface area contributed by atoms with Crippen LogP contribution in [0.3, 0.4) is 0 Å². The highest BCUT2D eigenvalue weighted by Gasteiger charge is 2.31. The number of aromatic nitrogens is 2. The monoisotopic (exact) mass is 385 g/mol. The lowest BCUT2D eigenvalue weighted by atomic mass is 10.1. The molecule has 1 fully saturated rings. The second-order valence-corrected chi connectivity index (χ2v) is 7.25. The zero-order chi connectivity index (χ0) is 20.1. The van der Waals surface area contributed by atoms with Gasteiger partial charge in [-0.15, -0.1) is 0 Å². The van der Waals surface area contributed by atoms with Crippen LogP contribution in [0.15, 0.2) is 67.0 Å². The molecule has 0 radical (unpaired) electrons. The molecule has 29 heavy (non-hydrogen) atoms. The molecule has 2 aromatic carbocycles. The number of carbonyl (C=O) groups excluding carboxylic acids is 1. The second-order valence-electron chi connectivity index (χ2n) is 7.25. The van der Waals surface area contributed by atoms with Crippen LogP contribution >= 0.6 is 0 Å². The summed E-state index contributed by atoms with van der Waals surface area (Å²) in [7, 11) is 0. The van der Waals surface area contributed by atoms with Gasteiger partial charge in [0.2, 0.25) is 5.91 Å². The van der Waals surface area contributed by atoms with E-state index in [1.807, 2.05) is 47.5 Å². The number of nitrogens with zero attached hydrogens (tertiary/aromatic N) is 4. The van der Waals surface area contributed by atoms with Gasteiger partial charge in [-0.3, -0.25) is 10.1 Å². The number of hydrogen-bond donors (Lipinski definition) is 1. The van der Waals surface area contributed by atoms with Crippen LogP contribution in [-0.2, 0) is 24.4 Å². The summed E-state index contributed by atoms with van der Waals surface area (Å²) in [6, 6.07) is 19.6. The highest BCUT2D eigenvalue weighted by molar-refractivity contribution is 5.83. The van der Waals surface area contributed by atoms with Crippen LogP contribution in [0.4, 0.5) is 0 Å². The van der Waals surface area contributed by atoms with Crippen molar-refractivity contribution in [2.45, 2.75) is 32.1 Å². The molecule has 0 aliphatic carbocycles. The summed E-state index contributed by atoms with van der Waals surface area (Å²) in [6.45, 7) is 2.56. The zero-order valence-corrected chi connectivity index (χ0v) is 16.2. The van der Waals surface area contributed by atoms with E-state index >= 15 is 0 Å². The highest BCUT2D eigenvalue weighted by atomic mass is 16.2. The third kappa shape index (κ3) is 4.53. The Labute approximate surface area is 170 Å². The minimum Gasteiger partial charge on any atom is -0.337 e. The number of imidazole rings is 1. The molecule has 0 unspecified atom stereocenters. The molecule has 4 rings (SSSR count). The SMILES string of the molecule is N#Cc1cccc(CN2CC[C@H](NCc3nccn3Cc3ccccc3)C2=O)c1. The maximum atomic E-state index is 12.8. The van der Waals surface area contributed by atoms with E-state index in [2.05, 4.69) is 33.1 Å². The van der Waals surface area contributed by atoms with E-state index in [0.717, 1.165) is 24.4 Å². The number of carbonyl (C=O) groups is 1. The van der Waals surface area contributed by atoms with Crippen LogP contribution in [0.25, 0.3) is 0 Å². The van der Waals surface area contributed by atoms with Crippen molar-refractivity contribution in [3.8, 4) is 6.07 Å². The number of nitriles is 1. The average Bonchev–Trinajstić information content (AvgIpc) is 3.34. The Bertz CT molecular complexity index is 1020. The Balaban J connectivity index is 1.34. The van der Waals surface area contributed by atoms with Crippen LogP contribution < -0.4 is 5.32 Å². The van der Waals surface area contributed by atoms with Gasteiger partial charge in [0.1, 0.15) is 5.82 Å². The quantitative estimate of drug-likeness (QED) is 0.679. The van der Waals surface area contributed by atoms with Gasteiger partial charge in [-0.25, -0.2) is 4.98 Å². The van der Waals surface area contributed by atoms with Gasteiger partial charge < -0.3 is 9.47 Å². The normalized spacial score (nSPS) is 16.2. The Morgan fingerprint density at radius 1 is 1.10 bits per heavy atom. The van der Waals surface area contributed by atoms with Crippen LogP contribution in [0.1, 0.15) is 28.9 Å². The van der Waals surface area contributed by atoms with Gasteiger partial charge in [-0.1, -0.05) is 42.5 Å². The number of amides is 1. The number of likely N-dealkylation sites (tertiary alicyclic amines) is 1. The van der Waals surface area contributed by atoms with Crippen molar-refractivity contribution in [3.63, 3.8) is 0 Å². The number of benzene rings is 2. The minimum atomic E-state index is -0.198. The standard InChI is InChI=1S/C23H23N5O/c24-14-19-7-4-8-20(13-19)17-28-11-9-21(23(28)29)26-15-22-25-10-12-27(22)16-18-5-2-1-3-6-18/h1-8,10,12-13,21,26H,9,11,15-17H2/t21-/m0/s1. The zero-order valence-electron chi connectivity index (χ0n) is 16.2. The molecule has 6 heteroatoms. The molecular formula is C23H23N5O. The molecule has 6 nitrogen and oxygen atoms in total. The maximum absolute atomic E-state index is 12.8. The number of hydrogen-bond acceptors (Lipinski definition) is 4. The van der Waals surface area contributed by atoms with Gasteiger partial charge in [-0.05, 0) is 29.7 Å². The van der Waals surface area contributed by atoms with Crippen LogP contribution in [0.5, 0.6) is 0 Å². The van der Waals surface area contributed by atoms with Crippen molar-refractivity contribution in [2.24, 2.45) is 0 Å². The molecule has 1 aromatic heterocycles. The molecule has 0 saturated carbocycles. The first-order chi connectivity index (χ1) is 14.2. The molecule has 1 aliphatic rings. The lowest BCUT2D eigenvalue weighted by Gasteiger charge is -2.17. The summed E-state index contributed by atoms with van der Waals surface area (Å²) in [5, 5.41) is 12.4. The van der Waals surface area contributed by atoms with Crippen molar-refractivity contribution in [1.82, 2.24) is 19.8 Å². The molecule has 1 N–H and O–H groups in total. The summed E-state index contributed by atoms with van der Waals surface area (Å²) in [5.41, 5.74) is 2.82. The smallest absolute Gasteiger partial charge is 0.240 e. The molecule has 1 saturated heterocycles. The van der Waals surface area contributed by atoms with Crippen molar-refractivity contribution < 1.29 is 4.79 Å². The fourth-order valence-electron chi connectivity index (χ4n) is 3.69. The molecule has 146 valence electrons. The molecular weight excluding hydrogens is 362 g/mol. The summed E-state index contributed by atoms with van der Waals surface area (Å²) in [4.78, 5) is 19.1. The van der Waals surface area contributed by atoms with Gasteiger partial charge in [0.05, 0.1) is 24.2 Å². The van der Waals surface area contributed by atoms with Gasteiger partial charge in [0.15, 0.2) is 0 Å². The lowest BCUT2D eigenvalue weighted by molar-refractivity contribution is -0.129. The van der Waals surface area contributed by atoms with Crippen molar-refractivity contribution in [3.05, 3.63) is 89.5 Å². The Morgan fingerprint density at radius 3 is 2.76 bits per heavy atom. The molecule has 2 heterocycles. The van der Waals surface area contributed by atoms with Gasteiger partial charge in [0.25, 0.3) is 0 Å². The summed E-state index contributed by atoms with van der Waals surface area (Å²) in [6.07, 6.45) is 4.54. The fourth-order valence-corrected chi connectivity index (χ4v) is 3.69. The minimum absolute atomic E-state index is 0.105. The van der Waals surface area contributed by atoms with Gasteiger partial charge in [0, 0.05) is 32.0 Å². The third-order valence-corrected chi connectivity index (χ3v) is 5.23. The molecule has 1 atom stereocenters. The van der Waals surface area contributed by atoms with Crippen molar-refractivity contribution in [2.75, 3.05) is 6.54 Å². The fraction of sp³-hybridized carbons (Fsp3) is 0.261. The molecule has 0 spiro atoms. The van der Waals surface area contributed by atoms with E-state index in [1.54, 1.807) is 12.3 Å². The summed E-state index contributed by atoms with van der Waals surface area (Å²) < 4.78 is 2.10. The predicted octanol–water partition coefficient (Wildman–Crippen LogP) is 2.69. The predicted molar refractivity (Wildman–Crippen MR) is 110 cm³/mol. The van der Waals surface area contributed by atoms with Gasteiger partial charge in [-0.2, -0.15) is 5.26 Å². The maximum Gasteiger partial charge on any atom is 0.240 e. The van der Waals surface area contributed by atoms with E-state index in [4.69, 9.17) is 5.26 Å². The Kier molecular flexibility index (Phi) is 5.68. The molecule has 3 aromatic rings. The first kappa shape index (κ1) is 18.9. The molecule has 1 aliphatic heterocycles. The Hall–Kier alpha value is -3.43. The number of rotatable bonds is 7. The van der Waals surface area contributed by atoms with E-state index in [9.17, 15) is 4.79 Å². The van der Waals surface area contributed by atoms with E-state index < -0.39 is 0 Å². The topological polar surface area (TPSA) is 74.0 Å². The van der Waals surface area contributed by atoms with E-state index in [0.29, 0.717) is 25.2 Å². The Morgan fingerprint density at radius 2 is 1.93 bits per heavy atom. The first-order valence-electron chi connectivity index (χ1n) is 9.78. The lowest BCUT2D eigenvalue weighted by Crippen LogP contribution is -2.38. The first-order valence-corrected chi connectivity index (χ1v) is 9.78. The van der Waals surface area contributed by atoms with Crippen LogP contribution in [0, 0.1) is 11.3 Å². The van der Waals surface area contributed by atoms with Crippen molar-refractivity contribution in [1.29, 1.82) is 5.26 Å². The summed E-state index contributed by atoms with van der Waals surface area (Å²) >= 11 is 0. The average molecular weight is 385 g/mol. The highest BCUT2D eigenvalue weighted by Crippen LogP contribution is 2.16. The van der Waals surface area contributed by atoms with Crippen molar-refractivity contribution >= 4 is 5.91 Å². The summed E-state index contributed by atoms with van der Waals surface area (Å²) in [5.74, 6) is 1.02.